The Bertz CT molecular complexity index is 579. The highest BCUT2D eigenvalue weighted by atomic mass is 35.5. The van der Waals surface area contributed by atoms with Crippen molar-refractivity contribution in [1.29, 1.82) is 0 Å². The van der Waals surface area contributed by atoms with Crippen LogP contribution in [0.1, 0.15) is 30.4 Å². The van der Waals surface area contributed by atoms with Gasteiger partial charge in [0.05, 0.1) is 11.9 Å². The molecule has 1 aromatic carbocycles. The number of hydrogen-bond donors (Lipinski definition) is 1. The van der Waals surface area contributed by atoms with Gasteiger partial charge in [-0.2, -0.15) is 0 Å². The molecule has 0 atom stereocenters. The Kier molecular flexibility index (Phi) is 5.76. The normalized spacial score (nSPS) is 10.4. The minimum atomic E-state index is 0.0167. The summed E-state index contributed by atoms with van der Waals surface area (Å²) in [6, 6.07) is 11.9. The van der Waals surface area contributed by atoms with Gasteiger partial charge in [0.25, 0.3) is 0 Å². The lowest BCUT2D eigenvalue weighted by atomic mass is 10.1. The maximum absolute atomic E-state index is 11.8. The summed E-state index contributed by atoms with van der Waals surface area (Å²) >= 11 is 5.69. The fourth-order valence-electron chi connectivity index (χ4n) is 2.04. The summed E-state index contributed by atoms with van der Waals surface area (Å²) in [6.07, 6.45) is 4.98. The van der Waals surface area contributed by atoms with E-state index in [4.69, 9.17) is 11.6 Å². The first-order valence-corrected chi connectivity index (χ1v) is 7.48. The zero-order chi connectivity index (χ0) is 15.1. The largest absolute Gasteiger partial charge is 0.325 e. The molecule has 2 aromatic rings. The Labute approximate surface area is 130 Å². The lowest BCUT2D eigenvalue weighted by Gasteiger charge is -2.05. The highest BCUT2D eigenvalue weighted by Gasteiger charge is 2.03. The van der Waals surface area contributed by atoms with Gasteiger partial charge in [-0.25, -0.2) is 4.98 Å². The molecule has 1 heterocycles. The van der Waals surface area contributed by atoms with Crippen molar-refractivity contribution in [3.63, 3.8) is 0 Å². The monoisotopic (exact) mass is 302 g/mol. The number of unbranched alkanes of at least 4 members (excludes halogenated alkanes) is 1. The molecule has 0 saturated heterocycles. The minimum absolute atomic E-state index is 0.0167. The molecule has 0 radical (unpaired) electrons. The summed E-state index contributed by atoms with van der Waals surface area (Å²) in [5, 5.41) is 3.24. The van der Waals surface area contributed by atoms with E-state index in [9.17, 15) is 4.79 Å². The molecule has 0 saturated carbocycles. The third-order valence-electron chi connectivity index (χ3n) is 3.25. The molecule has 1 aromatic heterocycles. The van der Waals surface area contributed by atoms with Crippen molar-refractivity contribution >= 4 is 23.2 Å². The van der Waals surface area contributed by atoms with Crippen LogP contribution >= 0.6 is 11.6 Å². The van der Waals surface area contributed by atoms with E-state index in [-0.39, 0.29) is 5.91 Å². The first-order chi connectivity index (χ1) is 10.1. The number of carbonyl (C=O) groups excluding carboxylic acids is 1. The average Bonchev–Trinajstić information content (AvgIpc) is 2.48. The first kappa shape index (κ1) is 15.5. The molecule has 21 heavy (non-hydrogen) atoms. The molecule has 0 spiro atoms. The number of anilines is 1. The van der Waals surface area contributed by atoms with Crippen LogP contribution in [0.3, 0.4) is 0 Å². The van der Waals surface area contributed by atoms with Crippen LogP contribution in [0.5, 0.6) is 0 Å². The third kappa shape index (κ3) is 5.56. The van der Waals surface area contributed by atoms with E-state index in [0.29, 0.717) is 17.3 Å². The molecule has 2 rings (SSSR count). The van der Waals surface area contributed by atoms with E-state index in [2.05, 4.69) is 41.5 Å². The zero-order valence-electron chi connectivity index (χ0n) is 12.1. The SMILES string of the molecule is Cc1ccc(CCCCC(=O)Nc2ccc(Cl)nc2)cc1. The standard InChI is InChI=1S/C17H19ClN2O/c1-13-6-8-14(9-7-13)4-2-3-5-17(21)20-15-10-11-16(18)19-12-15/h6-12H,2-5H2,1H3,(H,20,21). The van der Waals surface area contributed by atoms with Crippen LogP contribution in [0.2, 0.25) is 5.15 Å². The number of hydrogen-bond acceptors (Lipinski definition) is 2. The molecule has 4 heteroatoms. The summed E-state index contributed by atoms with van der Waals surface area (Å²) in [6.45, 7) is 2.08. The number of halogens is 1. The molecular formula is C17H19ClN2O. The number of benzene rings is 1. The Morgan fingerprint density at radius 1 is 1.14 bits per heavy atom. The van der Waals surface area contributed by atoms with E-state index in [1.54, 1.807) is 18.3 Å². The van der Waals surface area contributed by atoms with Crippen molar-refractivity contribution in [1.82, 2.24) is 4.98 Å². The molecule has 0 bridgehead atoms. The molecule has 1 N–H and O–H groups in total. The smallest absolute Gasteiger partial charge is 0.224 e. The van der Waals surface area contributed by atoms with E-state index in [0.717, 1.165) is 19.3 Å². The summed E-state index contributed by atoms with van der Waals surface area (Å²) in [4.78, 5) is 15.7. The molecule has 110 valence electrons. The van der Waals surface area contributed by atoms with Crippen LogP contribution in [0.25, 0.3) is 0 Å². The van der Waals surface area contributed by atoms with Crippen molar-refractivity contribution in [3.8, 4) is 0 Å². The van der Waals surface area contributed by atoms with Gasteiger partial charge >= 0.3 is 0 Å². The molecule has 3 nitrogen and oxygen atoms in total. The molecule has 0 aliphatic rings. The highest BCUT2D eigenvalue weighted by Crippen LogP contribution is 2.12. The summed E-state index contributed by atoms with van der Waals surface area (Å²) in [7, 11) is 0. The Hall–Kier alpha value is -1.87. The van der Waals surface area contributed by atoms with Crippen molar-refractivity contribution < 1.29 is 4.79 Å². The zero-order valence-corrected chi connectivity index (χ0v) is 12.9. The summed E-state index contributed by atoms with van der Waals surface area (Å²) in [5.41, 5.74) is 3.28. The second kappa shape index (κ2) is 7.79. The predicted molar refractivity (Wildman–Crippen MR) is 86.6 cm³/mol. The number of aromatic nitrogens is 1. The maximum atomic E-state index is 11.8. The van der Waals surface area contributed by atoms with Gasteiger partial charge in [0.1, 0.15) is 5.15 Å². The van der Waals surface area contributed by atoms with E-state index < -0.39 is 0 Å². The maximum Gasteiger partial charge on any atom is 0.224 e. The van der Waals surface area contributed by atoms with E-state index in [1.165, 1.54) is 11.1 Å². The number of pyridine rings is 1. The van der Waals surface area contributed by atoms with Gasteiger partial charge in [-0.1, -0.05) is 41.4 Å². The van der Waals surface area contributed by atoms with E-state index in [1.807, 2.05) is 0 Å². The lowest BCUT2D eigenvalue weighted by Crippen LogP contribution is -2.11. The van der Waals surface area contributed by atoms with Crippen molar-refractivity contribution in [3.05, 3.63) is 58.9 Å². The third-order valence-corrected chi connectivity index (χ3v) is 3.47. The van der Waals surface area contributed by atoms with Gasteiger partial charge in [0.15, 0.2) is 0 Å². The topological polar surface area (TPSA) is 42.0 Å². The fourth-order valence-corrected chi connectivity index (χ4v) is 2.15. The average molecular weight is 303 g/mol. The number of carbonyl (C=O) groups is 1. The predicted octanol–water partition coefficient (Wildman–Crippen LogP) is 4.39. The fraction of sp³-hybridized carbons (Fsp3) is 0.294. The Morgan fingerprint density at radius 2 is 1.90 bits per heavy atom. The van der Waals surface area contributed by atoms with Crippen LogP contribution in [-0.4, -0.2) is 10.9 Å². The van der Waals surface area contributed by atoms with Crippen molar-refractivity contribution in [2.45, 2.75) is 32.6 Å². The molecule has 0 fully saturated rings. The van der Waals surface area contributed by atoms with Gasteiger partial charge in [0, 0.05) is 6.42 Å². The van der Waals surface area contributed by atoms with Crippen molar-refractivity contribution in [2.75, 3.05) is 5.32 Å². The van der Waals surface area contributed by atoms with Gasteiger partial charge in [-0.05, 0) is 43.9 Å². The number of aryl methyl sites for hydroxylation is 2. The van der Waals surface area contributed by atoms with Crippen molar-refractivity contribution in [2.24, 2.45) is 0 Å². The molecule has 1 amide bonds. The van der Waals surface area contributed by atoms with Gasteiger partial charge < -0.3 is 5.32 Å². The Morgan fingerprint density at radius 3 is 2.57 bits per heavy atom. The number of amides is 1. The minimum Gasteiger partial charge on any atom is -0.325 e. The van der Waals surface area contributed by atoms with Crippen LogP contribution in [0, 0.1) is 6.92 Å². The number of nitrogens with zero attached hydrogens (tertiary/aromatic N) is 1. The molecular weight excluding hydrogens is 284 g/mol. The first-order valence-electron chi connectivity index (χ1n) is 7.10. The second-order valence-corrected chi connectivity index (χ2v) is 5.50. The quantitative estimate of drug-likeness (QED) is 0.635. The van der Waals surface area contributed by atoms with Crippen LogP contribution in [-0.2, 0) is 11.2 Å². The van der Waals surface area contributed by atoms with Crippen LogP contribution in [0.15, 0.2) is 42.6 Å². The number of nitrogens with one attached hydrogen (secondary N) is 1. The van der Waals surface area contributed by atoms with E-state index >= 15 is 0 Å². The molecule has 0 aliphatic carbocycles. The van der Waals surface area contributed by atoms with Gasteiger partial charge in [-0.15, -0.1) is 0 Å². The Balaban J connectivity index is 1.67. The lowest BCUT2D eigenvalue weighted by molar-refractivity contribution is -0.116. The molecule has 0 aliphatic heterocycles. The summed E-state index contributed by atoms with van der Waals surface area (Å²) in [5.74, 6) is 0.0167. The highest BCUT2D eigenvalue weighted by molar-refractivity contribution is 6.29. The van der Waals surface area contributed by atoms with Crippen LogP contribution in [0.4, 0.5) is 5.69 Å². The van der Waals surface area contributed by atoms with Gasteiger partial charge in [-0.3, -0.25) is 4.79 Å². The molecule has 0 unspecified atom stereocenters. The summed E-state index contributed by atoms with van der Waals surface area (Å²) < 4.78 is 0. The van der Waals surface area contributed by atoms with Gasteiger partial charge in [0.2, 0.25) is 5.91 Å². The number of rotatable bonds is 6. The second-order valence-electron chi connectivity index (χ2n) is 5.11. The van der Waals surface area contributed by atoms with Crippen LogP contribution < -0.4 is 5.32 Å².